The number of methoxy groups -OCH3 is 2. The third-order valence-electron chi connectivity index (χ3n) is 6.53. The van der Waals surface area contributed by atoms with Gasteiger partial charge in [0.2, 0.25) is 5.52 Å². The summed E-state index contributed by atoms with van der Waals surface area (Å²) in [6.45, 7) is 2.58. The summed E-state index contributed by atoms with van der Waals surface area (Å²) < 4.78 is 30.4. The minimum atomic E-state index is -3.69. The van der Waals surface area contributed by atoms with Crippen LogP contribution < -0.4 is 14.8 Å². The Hall–Kier alpha value is -2.59. The summed E-state index contributed by atoms with van der Waals surface area (Å²) in [6, 6.07) is 13.6. The number of carbonyl (C=O) groups excluding carboxylic acids is 2. The molecule has 0 aliphatic carbocycles. The van der Waals surface area contributed by atoms with Crippen LogP contribution in [0.5, 0.6) is 11.5 Å². The molecule has 0 aliphatic heterocycles. The topological polar surface area (TPSA) is 78.9 Å². The zero-order valence-corrected chi connectivity index (χ0v) is 23.6. The first-order chi connectivity index (χ1) is 18.0. The van der Waals surface area contributed by atoms with E-state index in [1.165, 1.54) is 59.2 Å². The molecule has 2 aromatic carbocycles. The monoisotopic (exact) mass is 530 g/mol. The molecule has 0 N–H and O–H groups in total. The van der Waals surface area contributed by atoms with Gasteiger partial charge in [-0.05, 0) is 18.6 Å². The van der Waals surface area contributed by atoms with Gasteiger partial charge in [0.25, 0.3) is 0 Å². The standard InChI is InChI=1S/C30H43O6P/c1-4-5-6-7-8-9-10-11-12-16-23-36-28(31)22-24-37(33,25-18-14-13-15-19-25)30(32)29-26(34-2)20-17-21-27(29)35-3/h13-15,17-21H,4-12,16,22-24H2,1-3H3. The first-order valence-corrected chi connectivity index (χ1v) is 15.4. The molecule has 6 nitrogen and oxygen atoms in total. The molecular weight excluding hydrogens is 487 g/mol. The van der Waals surface area contributed by atoms with Gasteiger partial charge in [0.1, 0.15) is 17.1 Å². The SMILES string of the molecule is CCCCCCCCCCCCOC(=O)CCP(=O)(C(=O)c1c(OC)cccc1OC)c1ccccc1. The number of unbranched alkanes of at least 4 members (excludes halogenated alkanes) is 9. The summed E-state index contributed by atoms with van der Waals surface area (Å²) in [5.74, 6) is 0.125. The van der Waals surface area contributed by atoms with Crippen LogP contribution in [0.3, 0.4) is 0 Å². The Balaban J connectivity index is 1.92. The fraction of sp³-hybridized carbons (Fsp3) is 0.533. The van der Waals surface area contributed by atoms with Gasteiger partial charge in [0.15, 0.2) is 7.14 Å². The van der Waals surface area contributed by atoms with Crippen molar-refractivity contribution in [3.05, 3.63) is 54.1 Å². The van der Waals surface area contributed by atoms with Crippen LogP contribution >= 0.6 is 7.14 Å². The number of hydrogen-bond acceptors (Lipinski definition) is 6. The molecule has 0 aromatic heterocycles. The lowest BCUT2D eigenvalue weighted by Crippen LogP contribution is -2.19. The van der Waals surface area contributed by atoms with E-state index in [0.29, 0.717) is 11.9 Å². The molecule has 0 heterocycles. The molecule has 0 bridgehead atoms. The highest BCUT2D eigenvalue weighted by atomic mass is 31.2. The molecule has 1 unspecified atom stereocenters. The zero-order valence-electron chi connectivity index (χ0n) is 22.7. The van der Waals surface area contributed by atoms with Gasteiger partial charge in [-0.15, -0.1) is 0 Å². The van der Waals surface area contributed by atoms with E-state index < -0.39 is 18.6 Å². The maximum atomic E-state index is 14.2. The van der Waals surface area contributed by atoms with Crippen molar-refractivity contribution in [2.75, 3.05) is 27.0 Å². The molecule has 2 rings (SSSR count). The van der Waals surface area contributed by atoms with Crippen LogP contribution in [0.1, 0.15) is 87.9 Å². The van der Waals surface area contributed by atoms with Crippen LogP contribution in [0.25, 0.3) is 0 Å². The molecule has 0 spiro atoms. The number of hydrogen-bond donors (Lipinski definition) is 0. The number of ether oxygens (including phenoxy) is 3. The van der Waals surface area contributed by atoms with Crippen molar-refractivity contribution >= 4 is 23.9 Å². The Kier molecular flexibility index (Phi) is 14.1. The maximum absolute atomic E-state index is 14.2. The molecule has 0 saturated heterocycles. The van der Waals surface area contributed by atoms with Crippen molar-refractivity contribution in [2.45, 2.75) is 77.6 Å². The van der Waals surface area contributed by atoms with Crippen LogP contribution in [-0.4, -0.2) is 38.5 Å². The third-order valence-corrected chi connectivity index (χ3v) is 9.40. The van der Waals surface area contributed by atoms with Gasteiger partial charge < -0.3 is 18.8 Å². The summed E-state index contributed by atoms with van der Waals surface area (Å²) >= 11 is 0. The third kappa shape index (κ3) is 9.66. The van der Waals surface area contributed by atoms with Crippen LogP contribution in [0.2, 0.25) is 0 Å². The molecular formula is C30H43O6P. The summed E-state index contributed by atoms with van der Waals surface area (Å²) in [6.07, 6.45) is 11.8. The Morgan fingerprint density at radius 2 is 1.27 bits per heavy atom. The predicted octanol–water partition coefficient (Wildman–Crippen LogP) is 7.39. The van der Waals surface area contributed by atoms with Crippen molar-refractivity contribution < 1.29 is 28.4 Å². The van der Waals surface area contributed by atoms with Gasteiger partial charge in [-0.25, -0.2) is 0 Å². The Bertz CT molecular complexity index is 982. The summed E-state index contributed by atoms with van der Waals surface area (Å²) in [5, 5.41) is 0.399. The summed E-state index contributed by atoms with van der Waals surface area (Å²) in [4.78, 5) is 26.2. The molecule has 0 saturated carbocycles. The highest BCUT2D eigenvalue weighted by Crippen LogP contribution is 2.51. The van der Waals surface area contributed by atoms with Crippen LogP contribution in [0.15, 0.2) is 48.5 Å². The summed E-state index contributed by atoms with van der Waals surface area (Å²) in [7, 11) is -0.790. The molecule has 0 amide bonds. The first kappa shape index (κ1) is 30.6. The minimum Gasteiger partial charge on any atom is -0.496 e. The average Bonchev–Trinajstić information content (AvgIpc) is 2.94. The van der Waals surface area contributed by atoms with E-state index in [2.05, 4.69) is 6.92 Å². The lowest BCUT2D eigenvalue weighted by molar-refractivity contribution is -0.143. The van der Waals surface area contributed by atoms with Crippen molar-refractivity contribution in [1.82, 2.24) is 0 Å². The summed E-state index contributed by atoms with van der Waals surface area (Å²) in [5.41, 5.74) is -0.464. The van der Waals surface area contributed by atoms with Gasteiger partial charge >= 0.3 is 5.97 Å². The molecule has 0 fully saturated rings. The lowest BCUT2D eigenvalue weighted by atomic mass is 10.1. The van der Waals surface area contributed by atoms with Crippen molar-refractivity contribution in [1.29, 1.82) is 0 Å². The number of carbonyl (C=O) groups is 2. The molecule has 204 valence electrons. The van der Waals surface area contributed by atoms with Crippen LogP contribution in [0.4, 0.5) is 0 Å². The van der Waals surface area contributed by atoms with Crippen LogP contribution in [-0.2, 0) is 14.1 Å². The van der Waals surface area contributed by atoms with E-state index in [4.69, 9.17) is 14.2 Å². The van der Waals surface area contributed by atoms with E-state index in [9.17, 15) is 14.2 Å². The second-order valence-electron chi connectivity index (χ2n) is 9.29. The predicted molar refractivity (Wildman–Crippen MR) is 150 cm³/mol. The molecule has 1 atom stereocenters. The molecule has 37 heavy (non-hydrogen) atoms. The maximum Gasteiger partial charge on any atom is 0.306 e. The minimum absolute atomic E-state index is 0.104. The fourth-order valence-electron chi connectivity index (χ4n) is 4.36. The molecule has 0 radical (unpaired) electrons. The van der Waals surface area contributed by atoms with Gasteiger partial charge in [0, 0.05) is 11.5 Å². The van der Waals surface area contributed by atoms with Crippen molar-refractivity contribution in [3.8, 4) is 11.5 Å². The average molecular weight is 531 g/mol. The fourth-order valence-corrected chi connectivity index (χ4v) is 6.78. The first-order valence-electron chi connectivity index (χ1n) is 13.5. The highest BCUT2D eigenvalue weighted by molar-refractivity contribution is 7.87. The lowest BCUT2D eigenvalue weighted by Gasteiger charge is -2.20. The number of benzene rings is 2. The van der Waals surface area contributed by atoms with E-state index in [1.807, 2.05) is 0 Å². The van der Waals surface area contributed by atoms with E-state index in [-0.39, 0.29) is 29.6 Å². The number of esters is 1. The molecule has 7 heteroatoms. The highest BCUT2D eigenvalue weighted by Gasteiger charge is 2.38. The quantitative estimate of drug-likeness (QED) is 0.107. The normalized spacial score (nSPS) is 12.5. The zero-order chi connectivity index (χ0) is 26.9. The second kappa shape index (κ2) is 17.0. The van der Waals surface area contributed by atoms with Gasteiger partial charge in [-0.1, -0.05) is 101 Å². The second-order valence-corrected chi connectivity index (χ2v) is 12.1. The van der Waals surface area contributed by atoms with E-state index in [1.54, 1.807) is 48.5 Å². The number of rotatable bonds is 19. The Morgan fingerprint density at radius 1 is 0.730 bits per heavy atom. The van der Waals surface area contributed by atoms with Gasteiger partial charge in [0.05, 0.1) is 27.2 Å². The van der Waals surface area contributed by atoms with Gasteiger partial charge in [-0.2, -0.15) is 0 Å². The smallest absolute Gasteiger partial charge is 0.306 e. The largest absolute Gasteiger partial charge is 0.496 e. The Labute approximate surface area is 222 Å². The van der Waals surface area contributed by atoms with Crippen molar-refractivity contribution in [3.63, 3.8) is 0 Å². The van der Waals surface area contributed by atoms with Crippen LogP contribution in [0, 0.1) is 0 Å². The van der Waals surface area contributed by atoms with Gasteiger partial charge in [-0.3, -0.25) is 9.59 Å². The van der Waals surface area contributed by atoms with E-state index >= 15 is 0 Å². The molecule has 2 aromatic rings. The Morgan fingerprint density at radius 3 is 1.81 bits per heavy atom. The molecule has 0 aliphatic rings. The van der Waals surface area contributed by atoms with Crippen molar-refractivity contribution in [2.24, 2.45) is 0 Å². The van der Waals surface area contributed by atoms with E-state index in [0.717, 1.165) is 19.3 Å².